The summed E-state index contributed by atoms with van der Waals surface area (Å²) in [7, 11) is 0. The van der Waals surface area contributed by atoms with Gasteiger partial charge in [-0.2, -0.15) is 0 Å². The van der Waals surface area contributed by atoms with Gasteiger partial charge in [-0.3, -0.25) is 4.79 Å². The summed E-state index contributed by atoms with van der Waals surface area (Å²) in [5, 5.41) is 4.14. The molecule has 4 heteroatoms. The second-order valence-electron chi connectivity index (χ2n) is 5.44. The zero-order valence-electron chi connectivity index (χ0n) is 13.5. The van der Waals surface area contributed by atoms with Crippen molar-refractivity contribution in [3.05, 3.63) is 70.2 Å². The summed E-state index contributed by atoms with van der Waals surface area (Å²) < 4.78 is 5.09. The summed E-state index contributed by atoms with van der Waals surface area (Å²) in [6.45, 7) is 4.85. The monoisotopic (exact) mass is 331 g/mol. The van der Waals surface area contributed by atoms with Crippen LogP contribution in [0.3, 0.4) is 0 Å². The lowest BCUT2D eigenvalue weighted by atomic mass is 10.0. The molecule has 1 N–H and O–H groups in total. The summed E-state index contributed by atoms with van der Waals surface area (Å²) in [4.78, 5) is 11.9. The van der Waals surface area contributed by atoms with E-state index in [0.29, 0.717) is 19.6 Å². The van der Waals surface area contributed by atoms with Gasteiger partial charge in [0.15, 0.2) is 0 Å². The van der Waals surface area contributed by atoms with Crippen molar-refractivity contribution in [2.45, 2.75) is 32.9 Å². The maximum atomic E-state index is 11.9. The number of benzene rings is 2. The van der Waals surface area contributed by atoms with Crippen LogP contribution in [0.15, 0.2) is 48.5 Å². The number of hydrogen-bond acceptors (Lipinski definition) is 3. The van der Waals surface area contributed by atoms with Crippen molar-refractivity contribution in [2.75, 3.05) is 6.61 Å². The molecular weight excluding hydrogens is 310 g/mol. The van der Waals surface area contributed by atoms with Crippen molar-refractivity contribution in [1.29, 1.82) is 0 Å². The number of carbonyl (C=O) groups is 1. The van der Waals surface area contributed by atoms with Crippen LogP contribution in [-0.2, 0) is 16.1 Å². The molecule has 122 valence electrons. The van der Waals surface area contributed by atoms with Gasteiger partial charge < -0.3 is 10.1 Å². The number of aryl methyl sites for hydroxylation is 1. The van der Waals surface area contributed by atoms with Crippen molar-refractivity contribution < 1.29 is 9.53 Å². The van der Waals surface area contributed by atoms with E-state index in [-0.39, 0.29) is 12.0 Å². The molecule has 0 heterocycles. The van der Waals surface area contributed by atoms with E-state index in [4.69, 9.17) is 16.3 Å². The first-order chi connectivity index (χ1) is 11.1. The Labute approximate surface area is 142 Å². The first-order valence-corrected chi connectivity index (χ1v) is 8.17. The molecule has 0 bridgehead atoms. The maximum Gasteiger partial charge on any atom is 0.307 e. The van der Waals surface area contributed by atoms with Gasteiger partial charge in [0.1, 0.15) is 0 Å². The van der Waals surface area contributed by atoms with Crippen LogP contribution in [0, 0.1) is 6.92 Å². The van der Waals surface area contributed by atoms with Crippen LogP contribution >= 0.6 is 11.6 Å². The summed E-state index contributed by atoms with van der Waals surface area (Å²) in [6.07, 6.45) is 0.293. The van der Waals surface area contributed by atoms with Crippen molar-refractivity contribution in [1.82, 2.24) is 5.32 Å². The molecule has 23 heavy (non-hydrogen) atoms. The Balaban J connectivity index is 2.11. The Morgan fingerprint density at radius 1 is 1.17 bits per heavy atom. The molecule has 0 fully saturated rings. The highest BCUT2D eigenvalue weighted by molar-refractivity contribution is 6.31. The van der Waals surface area contributed by atoms with E-state index in [0.717, 1.165) is 16.1 Å². The Morgan fingerprint density at radius 2 is 1.87 bits per heavy atom. The highest BCUT2D eigenvalue weighted by Crippen LogP contribution is 2.21. The Kier molecular flexibility index (Phi) is 6.63. The van der Waals surface area contributed by atoms with E-state index >= 15 is 0 Å². The van der Waals surface area contributed by atoms with Crippen molar-refractivity contribution in [3.63, 3.8) is 0 Å². The molecule has 0 saturated carbocycles. The molecule has 0 aliphatic heterocycles. The van der Waals surface area contributed by atoms with Gasteiger partial charge in [-0.05, 0) is 31.0 Å². The van der Waals surface area contributed by atoms with Crippen LogP contribution in [0.2, 0.25) is 5.02 Å². The zero-order chi connectivity index (χ0) is 16.7. The number of nitrogens with one attached hydrogen (secondary N) is 1. The maximum absolute atomic E-state index is 11.9. The molecule has 0 aliphatic carbocycles. The SMILES string of the molecule is CCOC(=O)C[C@H](NCc1ccccc1Cl)c1ccc(C)cc1. The topological polar surface area (TPSA) is 38.3 Å². The minimum absolute atomic E-state index is 0.106. The van der Waals surface area contributed by atoms with Crippen molar-refractivity contribution in [3.8, 4) is 0 Å². The molecule has 0 aliphatic rings. The average molecular weight is 332 g/mol. The number of carbonyl (C=O) groups excluding carboxylic acids is 1. The second-order valence-corrected chi connectivity index (χ2v) is 5.85. The van der Waals surface area contributed by atoms with Crippen LogP contribution < -0.4 is 5.32 Å². The molecule has 0 saturated heterocycles. The van der Waals surface area contributed by atoms with Crippen LogP contribution in [0.25, 0.3) is 0 Å². The highest BCUT2D eigenvalue weighted by Gasteiger charge is 2.17. The van der Waals surface area contributed by atoms with Gasteiger partial charge in [0.2, 0.25) is 0 Å². The summed E-state index contributed by atoms with van der Waals surface area (Å²) in [6, 6.07) is 15.8. The van der Waals surface area contributed by atoms with Gasteiger partial charge in [0.05, 0.1) is 13.0 Å². The van der Waals surface area contributed by atoms with Gasteiger partial charge in [0, 0.05) is 17.6 Å². The van der Waals surface area contributed by atoms with E-state index in [1.165, 1.54) is 5.56 Å². The largest absolute Gasteiger partial charge is 0.466 e. The number of halogens is 1. The minimum Gasteiger partial charge on any atom is -0.466 e. The van der Waals surface area contributed by atoms with Crippen molar-refractivity contribution in [2.24, 2.45) is 0 Å². The zero-order valence-corrected chi connectivity index (χ0v) is 14.3. The van der Waals surface area contributed by atoms with Gasteiger partial charge in [-0.1, -0.05) is 59.6 Å². The third-order valence-corrected chi connectivity index (χ3v) is 4.02. The van der Waals surface area contributed by atoms with Crippen LogP contribution in [0.4, 0.5) is 0 Å². The molecule has 3 nitrogen and oxygen atoms in total. The van der Waals surface area contributed by atoms with E-state index in [2.05, 4.69) is 5.32 Å². The lowest BCUT2D eigenvalue weighted by molar-refractivity contribution is -0.143. The van der Waals surface area contributed by atoms with E-state index < -0.39 is 0 Å². The number of rotatable bonds is 7. The quantitative estimate of drug-likeness (QED) is 0.763. The third-order valence-electron chi connectivity index (χ3n) is 3.65. The summed E-state index contributed by atoms with van der Waals surface area (Å²) in [5.74, 6) is -0.204. The molecule has 0 spiro atoms. The molecule has 2 aromatic rings. The van der Waals surface area contributed by atoms with Gasteiger partial charge >= 0.3 is 5.97 Å². The van der Waals surface area contributed by atoms with Gasteiger partial charge in [0.25, 0.3) is 0 Å². The van der Waals surface area contributed by atoms with Crippen LogP contribution in [-0.4, -0.2) is 12.6 Å². The number of hydrogen-bond donors (Lipinski definition) is 1. The second kappa shape index (κ2) is 8.70. The average Bonchev–Trinajstić information content (AvgIpc) is 2.54. The molecular formula is C19H22ClNO2. The first-order valence-electron chi connectivity index (χ1n) is 7.79. The molecule has 0 amide bonds. The minimum atomic E-state index is -0.204. The standard InChI is InChI=1S/C19H22ClNO2/c1-3-23-19(22)12-18(15-10-8-14(2)9-11-15)21-13-16-6-4-5-7-17(16)20/h4-11,18,21H,3,12-13H2,1-2H3/t18-/m0/s1. The fourth-order valence-electron chi connectivity index (χ4n) is 2.37. The molecule has 2 aromatic carbocycles. The molecule has 2 rings (SSSR count). The van der Waals surface area contributed by atoms with Crippen LogP contribution in [0.5, 0.6) is 0 Å². The van der Waals surface area contributed by atoms with Crippen molar-refractivity contribution >= 4 is 17.6 Å². The summed E-state index contributed by atoms with van der Waals surface area (Å²) >= 11 is 6.20. The Morgan fingerprint density at radius 3 is 2.52 bits per heavy atom. The smallest absolute Gasteiger partial charge is 0.307 e. The van der Waals surface area contributed by atoms with E-state index in [1.807, 2.05) is 62.4 Å². The Bertz CT molecular complexity index is 640. The third kappa shape index (κ3) is 5.38. The predicted molar refractivity (Wildman–Crippen MR) is 93.5 cm³/mol. The fourth-order valence-corrected chi connectivity index (χ4v) is 2.57. The molecule has 0 radical (unpaired) electrons. The number of esters is 1. The molecule has 0 aromatic heterocycles. The van der Waals surface area contributed by atoms with Gasteiger partial charge in [-0.15, -0.1) is 0 Å². The summed E-state index contributed by atoms with van der Waals surface area (Å²) in [5.41, 5.74) is 3.26. The fraction of sp³-hybridized carbons (Fsp3) is 0.316. The first kappa shape index (κ1) is 17.5. The van der Waals surface area contributed by atoms with Gasteiger partial charge in [-0.25, -0.2) is 0 Å². The molecule has 1 atom stereocenters. The Hall–Kier alpha value is -1.84. The number of ether oxygens (including phenoxy) is 1. The van der Waals surface area contributed by atoms with Crippen LogP contribution in [0.1, 0.15) is 36.1 Å². The normalized spacial score (nSPS) is 12.0. The lowest BCUT2D eigenvalue weighted by Gasteiger charge is -2.19. The predicted octanol–water partition coefficient (Wildman–Crippen LogP) is 4.43. The van der Waals surface area contributed by atoms with E-state index in [1.54, 1.807) is 0 Å². The lowest BCUT2D eigenvalue weighted by Crippen LogP contribution is -2.24. The highest BCUT2D eigenvalue weighted by atomic mass is 35.5. The van der Waals surface area contributed by atoms with E-state index in [9.17, 15) is 4.79 Å². The molecule has 0 unspecified atom stereocenters.